The van der Waals surface area contributed by atoms with Crippen molar-refractivity contribution in [1.29, 1.82) is 0 Å². The first-order valence-electron chi connectivity index (χ1n) is 7.69. The highest BCUT2D eigenvalue weighted by Gasteiger charge is 2.42. The number of hydrogen-bond acceptors (Lipinski definition) is 2. The molecule has 1 amide bonds. The van der Waals surface area contributed by atoms with Crippen LogP contribution in [0.15, 0.2) is 24.3 Å². The van der Waals surface area contributed by atoms with E-state index in [1.54, 1.807) is 12.1 Å². The zero-order valence-electron chi connectivity index (χ0n) is 12.2. The predicted octanol–water partition coefficient (Wildman–Crippen LogP) is 2.94. The van der Waals surface area contributed by atoms with Gasteiger partial charge in [-0.15, -0.1) is 0 Å². The van der Waals surface area contributed by atoms with E-state index in [-0.39, 0.29) is 17.5 Å². The molecule has 2 N–H and O–H groups in total. The summed E-state index contributed by atoms with van der Waals surface area (Å²) in [5, 5.41) is 12.0. The van der Waals surface area contributed by atoms with Gasteiger partial charge in [0.25, 0.3) is 5.91 Å². The molecule has 4 heteroatoms. The zero-order chi connectivity index (χ0) is 15.0. The van der Waals surface area contributed by atoms with Crippen LogP contribution in [0, 0.1) is 17.8 Å². The van der Waals surface area contributed by atoms with E-state index in [0.29, 0.717) is 11.5 Å². The second kappa shape index (κ2) is 5.51. The molecule has 0 aromatic heterocycles. The molecular weight excluding hydrogens is 266 g/mol. The lowest BCUT2D eigenvalue weighted by Crippen LogP contribution is -2.40. The first-order chi connectivity index (χ1) is 10.0. The van der Waals surface area contributed by atoms with Gasteiger partial charge >= 0.3 is 5.97 Å². The highest BCUT2D eigenvalue weighted by atomic mass is 16.4. The molecule has 112 valence electrons. The predicted molar refractivity (Wildman–Crippen MR) is 79.3 cm³/mol. The SMILES string of the molecule is C[C@H](NC(=O)c1cccc(C(=O)O)c1)[C@H]1C[C@H]2CC[C@H]1C2. The average Bonchev–Trinajstić information content (AvgIpc) is 3.10. The number of fused-ring (bicyclic) bond motifs is 2. The maximum absolute atomic E-state index is 12.3. The maximum atomic E-state index is 12.3. The van der Waals surface area contributed by atoms with Crippen LogP contribution in [-0.2, 0) is 0 Å². The van der Waals surface area contributed by atoms with E-state index < -0.39 is 5.97 Å². The van der Waals surface area contributed by atoms with Gasteiger partial charge in [-0.2, -0.15) is 0 Å². The molecule has 4 atom stereocenters. The molecule has 0 aliphatic heterocycles. The summed E-state index contributed by atoms with van der Waals surface area (Å²) < 4.78 is 0. The monoisotopic (exact) mass is 287 g/mol. The van der Waals surface area contributed by atoms with Crippen LogP contribution in [0.3, 0.4) is 0 Å². The van der Waals surface area contributed by atoms with Crippen LogP contribution in [0.5, 0.6) is 0 Å². The van der Waals surface area contributed by atoms with Crippen molar-refractivity contribution in [2.24, 2.45) is 17.8 Å². The van der Waals surface area contributed by atoms with Gasteiger partial charge in [-0.25, -0.2) is 4.79 Å². The summed E-state index contributed by atoms with van der Waals surface area (Å²) in [5.74, 6) is 1.01. The fraction of sp³-hybridized carbons (Fsp3) is 0.529. The summed E-state index contributed by atoms with van der Waals surface area (Å²) in [6, 6.07) is 6.36. The highest BCUT2D eigenvalue weighted by molar-refractivity contribution is 5.97. The third-order valence-electron chi connectivity index (χ3n) is 5.17. The third kappa shape index (κ3) is 2.80. The fourth-order valence-electron chi connectivity index (χ4n) is 4.10. The van der Waals surface area contributed by atoms with E-state index >= 15 is 0 Å². The van der Waals surface area contributed by atoms with Crippen LogP contribution >= 0.6 is 0 Å². The Morgan fingerprint density at radius 3 is 2.62 bits per heavy atom. The fourth-order valence-corrected chi connectivity index (χ4v) is 4.10. The number of carbonyl (C=O) groups is 2. The largest absolute Gasteiger partial charge is 0.478 e. The minimum atomic E-state index is -1.01. The number of nitrogens with one attached hydrogen (secondary N) is 1. The van der Waals surface area contributed by atoms with Crippen molar-refractivity contribution in [2.45, 2.75) is 38.6 Å². The molecule has 0 saturated heterocycles. The van der Waals surface area contributed by atoms with Crippen LogP contribution in [0.4, 0.5) is 0 Å². The highest BCUT2D eigenvalue weighted by Crippen LogP contribution is 2.49. The molecule has 2 aliphatic rings. The molecule has 2 bridgehead atoms. The summed E-state index contributed by atoms with van der Waals surface area (Å²) in [4.78, 5) is 23.3. The van der Waals surface area contributed by atoms with Gasteiger partial charge in [-0.1, -0.05) is 12.5 Å². The Hall–Kier alpha value is -1.84. The van der Waals surface area contributed by atoms with Crippen LogP contribution < -0.4 is 5.32 Å². The minimum Gasteiger partial charge on any atom is -0.478 e. The lowest BCUT2D eigenvalue weighted by Gasteiger charge is -2.28. The van der Waals surface area contributed by atoms with Crippen molar-refractivity contribution < 1.29 is 14.7 Å². The first kappa shape index (κ1) is 14.1. The Kier molecular flexibility index (Phi) is 3.70. The van der Waals surface area contributed by atoms with Crippen molar-refractivity contribution in [3.05, 3.63) is 35.4 Å². The molecule has 0 heterocycles. The summed E-state index contributed by atoms with van der Waals surface area (Å²) in [7, 11) is 0. The molecule has 2 saturated carbocycles. The van der Waals surface area contributed by atoms with Gasteiger partial charge in [0.1, 0.15) is 0 Å². The van der Waals surface area contributed by atoms with E-state index in [9.17, 15) is 9.59 Å². The van der Waals surface area contributed by atoms with Gasteiger partial charge in [0, 0.05) is 11.6 Å². The Morgan fingerprint density at radius 1 is 1.24 bits per heavy atom. The van der Waals surface area contributed by atoms with Crippen molar-refractivity contribution in [2.75, 3.05) is 0 Å². The van der Waals surface area contributed by atoms with E-state index in [0.717, 1.165) is 11.8 Å². The van der Waals surface area contributed by atoms with E-state index in [1.807, 2.05) is 0 Å². The number of amides is 1. The van der Waals surface area contributed by atoms with Gasteiger partial charge in [0.05, 0.1) is 5.56 Å². The number of aromatic carboxylic acids is 1. The Morgan fingerprint density at radius 2 is 2.00 bits per heavy atom. The summed E-state index contributed by atoms with van der Waals surface area (Å²) in [5.41, 5.74) is 0.570. The van der Waals surface area contributed by atoms with Crippen molar-refractivity contribution in [3.8, 4) is 0 Å². The van der Waals surface area contributed by atoms with Gasteiger partial charge < -0.3 is 10.4 Å². The Balaban J connectivity index is 1.66. The molecular formula is C17H21NO3. The van der Waals surface area contributed by atoms with Crippen molar-refractivity contribution in [3.63, 3.8) is 0 Å². The van der Waals surface area contributed by atoms with Crippen LogP contribution in [0.2, 0.25) is 0 Å². The molecule has 1 aromatic carbocycles. The van der Waals surface area contributed by atoms with E-state index in [1.165, 1.54) is 37.8 Å². The summed E-state index contributed by atoms with van der Waals surface area (Å²) in [6.45, 7) is 2.07. The molecule has 1 aromatic rings. The maximum Gasteiger partial charge on any atom is 0.335 e. The molecule has 21 heavy (non-hydrogen) atoms. The van der Waals surface area contributed by atoms with Crippen molar-refractivity contribution in [1.82, 2.24) is 5.32 Å². The normalized spacial score (nSPS) is 28.3. The smallest absolute Gasteiger partial charge is 0.335 e. The number of carbonyl (C=O) groups excluding carboxylic acids is 1. The molecule has 0 radical (unpaired) electrons. The van der Waals surface area contributed by atoms with E-state index in [4.69, 9.17) is 5.11 Å². The van der Waals surface area contributed by atoms with E-state index in [2.05, 4.69) is 12.2 Å². The standard InChI is InChI=1S/C17H21NO3/c1-10(15-8-11-5-6-12(15)7-11)18-16(19)13-3-2-4-14(9-13)17(20)21/h2-4,9-12,15H,5-8H2,1H3,(H,18,19)(H,20,21)/t10-,11-,12-,15+/m0/s1. The number of carboxylic acid groups (broad SMARTS) is 1. The lowest BCUT2D eigenvalue weighted by atomic mass is 9.84. The Bertz CT molecular complexity index is 569. The van der Waals surface area contributed by atoms with Crippen molar-refractivity contribution >= 4 is 11.9 Å². The summed E-state index contributed by atoms with van der Waals surface area (Å²) in [6.07, 6.45) is 5.19. The quantitative estimate of drug-likeness (QED) is 0.894. The topological polar surface area (TPSA) is 66.4 Å². The van der Waals surface area contributed by atoms with Gasteiger partial charge in [0.2, 0.25) is 0 Å². The number of carboxylic acids is 1. The zero-order valence-corrected chi connectivity index (χ0v) is 12.2. The van der Waals surface area contributed by atoms with Gasteiger partial charge in [-0.05, 0) is 62.1 Å². The first-order valence-corrected chi connectivity index (χ1v) is 7.69. The number of hydrogen-bond donors (Lipinski definition) is 2. The third-order valence-corrected chi connectivity index (χ3v) is 5.17. The molecule has 2 aliphatic carbocycles. The van der Waals surface area contributed by atoms with Gasteiger partial charge in [-0.3, -0.25) is 4.79 Å². The molecule has 4 nitrogen and oxygen atoms in total. The van der Waals surface area contributed by atoms with Crippen LogP contribution in [0.1, 0.15) is 53.3 Å². The lowest BCUT2D eigenvalue weighted by molar-refractivity contribution is 0.0697. The average molecular weight is 287 g/mol. The number of benzene rings is 1. The second-order valence-electron chi connectivity index (χ2n) is 6.49. The molecule has 0 unspecified atom stereocenters. The minimum absolute atomic E-state index is 0.148. The molecule has 3 rings (SSSR count). The van der Waals surface area contributed by atoms with Crippen LogP contribution in [-0.4, -0.2) is 23.0 Å². The number of rotatable bonds is 4. The second-order valence-corrected chi connectivity index (χ2v) is 6.49. The molecule has 2 fully saturated rings. The van der Waals surface area contributed by atoms with Crippen LogP contribution in [0.25, 0.3) is 0 Å². The molecule has 0 spiro atoms. The Labute approximate surface area is 124 Å². The van der Waals surface area contributed by atoms with Gasteiger partial charge in [0.15, 0.2) is 0 Å². The summed E-state index contributed by atoms with van der Waals surface area (Å²) >= 11 is 0.